The van der Waals surface area contributed by atoms with Gasteiger partial charge in [-0.1, -0.05) is 13.8 Å². The van der Waals surface area contributed by atoms with Gasteiger partial charge in [-0.3, -0.25) is 14.4 Å². The van der Waals surface area contributed by atoms with E-state index in [0.29, 0.717) is 31.5 Å². The molecule has 31 heavy (non-hydrogen) atoms. The normalized spacial score (nSPS) is 48.1. The fourth-order valence-corrected chi connectivity index (χ4v) is 8.85. The molecule has 0 N–H and O–H groups in total. The number of Topliss-reactive ketones (excluding diaryl/α,β-unsaturated/α-hetero) is 2. The van der Waals surface area contributed by atoms with Gasteiger partial charge in [-0.2, -0.15) is 0 Å². The highest BCUT2D eigenvalue weighted by molar-refractivity contribution is 5.87. The van der Waals surface area contributed by atoms with Crippen molar-refractivity contribution < 1.29 is 28.6 Å². The third-order valence-electron chi connectivity index (χ3n) is 10.0. The van der Waals surface area contributed by atoms with Crippen molar-refractivity contribution in [3.63, 3.8) is 0 Å². The van der Waals surface area contributed by atoms with Gasteiger partial charge in [0.2, 0.25) is 0 Å². The van der Waals surface area contributed by atoms with Crippen LogP contribution in [0, 0.1) is 40.4 Å². The molecule has 8 atom stereocenters. The van der Waals surface area contributed by atoms with E-state index in [4.69, 9.17) is 14.2 Å². The van der Waals surface area contributed by atoms with Crippen molar-refractivity contribution in [2.24, 2.45) is 40.4 Å². The van der Waals surface area contributed by atoms with Crippen molar-refractivity contribution in [2.45, 2.75) is 84.5 Å². The first-order valence-corrected chi connectivity index (χ1v) is 12.1. The Morgan fingerprint density at radius 1 is 1.00 bits per heavy atom. The second-order valence-electron chi connectivity index (χ2n) is 11.4. The molecule has 6 heteroatoms. The van der Waals surface area contributed by atoms with E-state index in [-0.39, 0.29) is 53.2 Å². The molecule has 1 saturated heterocycles. The highest BCUT2D eigenvalue weighted by Gasteiger charge is 2.68. The van der Waals surface area contributed by atoms with Crippen LogP contribution in [0.2, 0.25) is 0 Å². The Bertz CT molecular complexity index is 800. The Morgan fingerprint density at radius 3 is 2.35 bits per heavy atom. The third kappa shape index (κ3) is 3.00. The van der Waals surface area contributed by atoms with E-state index >= 15 is 0 Å². The summed E-state index contributed by atoms with van der Waals surface area (Å²) in [5.41, 5.74) is -0.702. The Labute approximate surface area is 184 Å². The maximum absolute atomic E-state index is 13.8. The molecule has 0 aromatic heterocycles. The summed E-state index contributed by atoms with van der Waals surface area (Å²) in [7, 11) is 0. The SMILES string of the molecule is CC(=O)O[C@@H]1C[C@@]2(C)[C@H](CC[C@H]2C(C)=O)[C@@H]2CC[C@@H]3CC4(CC(=O)[C@@]3(C)[C@H]21)OCCO4. The van der Waals surface area contributed by atoms with E-state index in [1.54, 1.807) is 6.92 Å². The molecule has 0 bridgehead atoms. The Hall–Kier alpha value is -1.27. The van der Waals surface area contributed by atoms with Crippen LogP contribution < -0.4 is 0 Å². The highest BCUT2D eigenvalue weighted by Crippen LogP contribution is 2.68. The molecular weight excluding hydrogens is 396 g/mol. The van der Waals surface area contributed by atoms with Gasteiger partial charge in [-0.25, -0.2) is 0 Å². The number of carbonyl (C=O) groups excluding carboxylic acids is 3. The summed E-state index contributed by atoms with van der Waals surface area (Å²) in [6.45, 7) is 8.61. The van der Waals surface area contributed by atoms with Crippen molar-refractivity contribution in [1.82, 2.24) is 0 Å². The number of esters is 1. The van der Waals surface area contributed by atoms with E-state index in [9.17, 15) is 14.4 Å². The van der Waals surface area contributed by atoms with Gasteiger partial charge in [0, 0.05) is 30.6 Å². The number of hydrogen-bond donors (Lipinski definition) is 0. The van der Waals surface area contributed by atoms with E-state index < -0.39 is 11.2 Å². The molecule has 4 aliphatic carbocycles. The number of ether oxygens (including phenoxy) is 3. The van der Waals surface area contributed by atoms with Gasteiger partial charge < -0.3 is 14.2 Å². The van der Waals surface area contributed by atoms with Crippen molar-refractivity contribution in [1.29, 1.82) is 0 Å². The standard InChI is InChI=1S/C25H36O6/c1-14(26)18-7-8-19-17-6-5-16-11-25(29-9-10-30-25)13-21(28)24(16,4)22(17)20(31-15(2)27)12-23(18,19)3/h16-20,22H,5-13H2,1-4H3/t16-,17+,18+,19-,20-,22-,23-,24+/m1/s1. The lowest BCUT2D eigenvalue weighted by molar-refractivity contribution is -0.234. The van der Waals surface area contributed by atoms with E-state index in [2.05, 4.69) is 13.8 Å². The van der Waals surface area contributed by atoms with Crippen molar-refractivity contribution in [3.05, 3.63) is 0 Å². The van der Waals surface area contributed by atoms with Crippen LogP contribution in [0.25, 0.3) is 0 Å². The van der Waals surface area contributed by atoms with Crippen molar-refractivity contribution in [3.8, 4) is 0 Å². The smallest absolute Gasteiger partial charge is 0.302 e. The molecule has 1 spiro atoms. The van der Waals surface area contributed by atoms with E-state index in [1.807, 2.05) is 0 Å². The number of carbonyl (C=O) groups is 3. The van der Waals surface area contributed by atoms with Gasteiger partial charge in [0.25, 0.3) is 0 Å². The molecular formula is C25H36O6. The van der Waals surface area contributed by atoms with E-state index in [1.165, 1.54) is 6.92 Å². The molecule has 1 aliphatic heterocycles. The molecule has 0 amide bonds. The number of hydrogen-bond acceptors (Lipinski definition) is 6. The Balaban J connectivity index is 1.53. The number of rotatable bonds is 2. The van der Waals surface area contributed by atoms with Gasteiger partial charge in [0.1, 0.15) is 17.7 Å². The zero-order chi connectivity index (χ0) is 22.2. The molecule has 5 fully saturated rings. The highest BCUT2D eigenvalue weighted by atomic mass is 16.7. The quantitative estimate of drug-likeness (QED) is 0.619. The predicted molar refractivity (Wildman–Crippen MR) is 112 cm³/mol. The summed E-state index contributed by atoms with van der Waals surface area (Å²) < 4.78 is 17.8. The molecule has 1 heterocycles. The summed E-state index contributed by atoms with van der Waals surface area (Å²) in [5, 5.41) is 0. The first-order chi connectivity index (χ1) is 14.6. The van der Waals surface area contributed by atoms with Gasteiger partial charge in [0.15, 0.2) is 5.79 Å². The zero-order valence-electron chi connectivity index (χ0n) is 19.3. The molecule has 0 aromatic rings. The summed E-state index contributed by atoms with van der Waals surface area (Å²) in [5.74, 6) is 0.296. The minimum Gasteiger partial charge on any atom is -0.462 e. The lowest BCUT2D eigenvalue weighted by atomic mass is 9.43. The molecule has 5 rings (SSSR count). The summed E-state index contributed by atoms with van der Waals surface area (Å²) in [6.07, 6.45) is 5.29. The van der Waals surface area contributed by atoms with Crippen LogP contribution in [0.3, 0.4) is 0 Å². The average molecular weight is 433 g/mol. The van der Waals surface area contributed by atoms with Gasteiger partial charge in [-0.05, 0) is 62.2 Å². The van der Waals surface area contributed by atoms with E-state index in [0.717, 1.165) is 32.1 Å². The molecule has 0 aromatic carbocycles. The second-order valence-corrected chi connectivity index (χ2v) is 11.4. The Kier molecular flexibility index (Phi) is 4.95. The van der Waals surface area contributed by atoms with Crippen LogP contribution >= 0.6 is 0 Å². The molecule has 172 valence electrons. The summed E-state index contributed by atoms with van der Waals surface area (Å²) >= 11 is 0. The zero-order valence-corrected chi connectivity index (χ0v) is 19.3. The maximum atomic E-state index is 13.8. The first-order valence-electron chi connectivity index (χ1n) is 12.1. The topological polar surface area (TPSA) is 78.9 Å². The number of ketones is 2. The van der Waals surface area contributed by atoms with Gasteiger partial charge in [-0.15, -0.1) is 0 Å². The summed E-state index contributed by atoms with van der Waals surface area (Å²) in [6, 6.07) is 0. The van der Waals surface area contributed by atoms with Crippen LogP contribution in [0.5, 0.6) is 0 Å². The Morgan fingerprint density at radius 2 is 1.71 bits per heavy atom. The minimum atomic E-state index is -0.749. The lowest BCUT2D eigenvalue weighted by Gasteiger charge is -2.62. The first kappa shape index (κ1) is 21.6. The van der Waals surface area contributed by atoms with Gasteiger partial charge >= 0.3 is 5.97 Å². The van der Waals surface area contributed by atoms with Crippen molar-refractivity contribution in [2.75, 3.05) is 13.2 Å². The molecule has 6 nitrogen and oxygen atoms in total. The average Bonchev–Trinajstić information content (AvgIpc) is 3.26. The minimum absolute atomic E-state index is 0.00480. The summed E-state index contributed by atoms with van der Waals surface area (Å²) in [4.78, 5) is 38.4. The van der Waals surface area contributed by atoms with Crippen LogP contribution in [0.1, 0.15) is 72.6 Å². The van der Waals surface area contributed by atoms with Gasteiger partial charge in [0.05, 0.1) is 19.6 Å². The monoisotopic (exact) mass is 432 g/mol. The van der Waals surface area contributed by atoms with Crippen molar-refractivity contribution >= 4 is 17.5 Å². The molecule has 4 saturated carbocycles. The lowest BCUT2D eigenvalue weighted by Crippen LogP contribution is -2.64. The van der Waals surface area contributed by atoms with Crippen LogP contribution in [-0.2, 0) is 28.6 Å². The molecule has 0 unspecified atom stereocenters. The molecule has 0 radical (unpaired) electrons. The fourth-order valence-electron chi connectivity index (χ4n) is 8.85. The fraction of sp³-hybridized carbons (Fsp3) is 0.880. The predicted octanol–water partition coefficient (Wildman–Crippen LogP) is 3.70. The van der Waals surface area contributed by atoms with Crippen LogP contribution in [0.15, 0.2) is 0 Å². The molecule has 5 aliphatic rings. The second kappa shape index (κ2) is 7.11. The van der Waals surface area contributed by atoms with Crippen LogP contribution in [0.4, 0.5) is 0 Å². The maximum Gasteiger partial charge on any atom is 0.302 e. The largest absolute Gasteiger partial charge is 0.462 e. The number of fused-ring (bicyclic) bond motifs is 5. The third-order valence-corrected chi connectivity index (χ3v) is 10.0. The van der Waals surface area contributed by atoms with Crippen LogP contribution in [-0.4, -0.2) is 42.6 Å².